The molecule has 1 aliphatic rings. The molecule has 116 valence electrons. The van der Waals surface area contributed by atoms with Crippen LogP contribution in [0.3, 0.4) is 0 Å². The van der Waals surface area contributed by atoms with Crippen LogP contribution < -0.4 is 15.8 Å². The summed E-state index contributed by atoms with van der Waals surface area (Å²) in [6, 6.07) is 4.04. The third kappa shape index (κ3) is 5.32. The fraction of sp³-hybridized carbons (Fsp3) is 0.562. The summed E-state index contributed by atoms with van der Waals surface area (Å²) in [5, 5.41) is 2.91. The fourth-order valence-corrected chi connectivity index (χ4v) is 2.89. The second-order valence-electron chi connectivity index (χ2n) is 5.93. The Morgan fingerprint density at radius 2 is 2.24 bits per heavy atom. The molecule has 1 unspecified atom stereocenters. The predicted molar refractivity (Wildman–Crippen MR) is 87.5 cm³/mol. The predicted octanol–water partition coefficient (Wildman–Crippen LogP) is 2.55. The van der Waals surface area contributed by atoms with Crippen LogP contribution in [0.4, 0.5) is 0 Å². The van der Waals surface area contributed by atoms with Gasteiger partial charge in [0.25, 0.3) is 5.91 Å². The lowest BCUT2D eigenvalue weighted by Crippen LogP contribution is -2.30. The molecule has 4 nitrogen and oxygen atoms in total. The molecule has 21 heavy (non-hydrogen) atoms. The highest BCUT2D eigenvalue weighted by Gasteiger charge is 2.21. The lowest BCUT2D eigenvalue weighted by molar-refractivity contribution is -0.123. The number of ether oxygens (including phenoxy) is 1. The zero-order valence-corrected chi connectivity index (χ0v) is 14.2. The molecule has 1 aliphatic carbocycles. The summed E-state index contributed by atoms with van der Waals surface area (Å²) < 4.78 is 6.75. The van der Waals surface area contributed by atoms with Crippen molar-refractivity contribution in [1.29, 1.82) is 0 Å². The molecule has 0 aromatic heterocycles. The van der Waals surface area contributed by atoms with Gasteiger partial charge in [-0.05, 0) is 62.3 Å². The summed E-state index contributed by atoms with van der Waals surface area (Å²) in [5.41, 5.74) is 7.93. The first-order chi connectivity index (χ1) is 9.95. The average Bonchev–Trinajstić information content (AvgIpc) is 3.18. The molecule has 1 saturated carbocycles. The quantitative estimate of drug-likeness (QED) is 0.790. The van der Waals surface area contributed by atoms with Crippen molar-refractivity contribution in [3.05, 3.63) is 27.7 Å². The number of amides is 1. The second kappa shape index (κ2) is 7.27. The number of aryl methyl sites for hydroxylation is 1. The molecule has 0 aliphatic heterocycles. The van der Waals surface area contributed by atoms with Gasteiger partial charge in [0.1, 0.15) is 5.75 Å². The van der Waals surface area contributed by atoms with Crippen molar-refractivity contribution in [1.82, 2.24) is 5.32 Å². The smallest absolute Gasteiger partial charge is 0.257 e. The molecule has 0 heterocycles. The molecular formula is C16H23BrN2O2. The van der Waals surface area contributed by atoms with Crippen LogP contribution >= 0.6 is 15.9 Å². The number of carbonyl (C=O) groups is 1. The first kappa shape index (κ1) is 16.3. The zero-order valence-electron chi connectivity index (χ0n) is 12.6. The van der Waals surface area contributed by atoms with Crippen LogP contribution in [0.25, 0.3) is 0 Å². The monoisotopic (exact) mass is 354 g/mol. The average molecular weight is 355 g/mol. The van der Waals surface area contributed by atoms with Crippen molar-refractivity contribution < 1.29 is 9.53 Å². The van der Waals surface area contributed by atoms with Crippen LogP contribution in [0.2, 0.25) is 0 Å². The van der Waals surface area contributed by atoms with E-state index in [0.717, 1.165) is 34.3 Å². The van der Waals surface area contributed by atoms with Gasteiger partial charge in [-0.3, -0.25) is 4.79 Å². The number of hydrogen-bond acceptors (Lipinski definition) is 3. The van der Waals surface area contributed by atoms with Gasteiger partial charge in [-0.1, -0.05) is 15.9 Å². The van der Waals surface area contributed by atoms with E-state index in [1.807, 2.05) is 26.0 Å². The molecule has 0 radical (unpaired) electrons. The molecule has 1 aromatic carbocycles. The van der Waals surface area contributed by atoms with Gasteiger partial charge < -0.3 is 15.8 Å². The lowest BCUT2D eigenvalue weighted by Gasteiger charge is -2.16. The molecule has 1 amide bonds. The molecule has 0 bridgehead atoms. The van der Waals surface area contributed by atoms with Gasteiger partial charge >= 0.3 is 0 Å². The number of nitrogens with two attached hydrogens (primary N) is 1. The van der Waals surface area contributed by atoms with Gasteiger partial charge in [0, 0.05) is 17.1 Å². The van der Waals surface area contributed by atoms with Crippen LogP contribution in [0.1, 0.15) is 30.9 Å². The van der Waals surface area contributed by atoms with Crippen molar-refractivity contribution in [2.75, 3.05) is 13.2 Å². The SMILES string of the molecule is Cc1cc(Br)cc(CC(C)N)c1OCC(=O)NCC1CC1. The van der Waals surface area contributed by atoms with E-state index in [1.165, 1.54) is 12.8 Å². The van der Waals surface area contributed by atoms with Crippen molar-refractivity contribution in [2.45, 2.75) is 39.2 Å². The summed E-state index contributed by atoms with van der Waals surface area (Å²) in [6.45, 7) is 4.77. The highest BCUT2D eigenvalue weighted by Crippen LogP contribution is 2.29. The van der Waals surface area contributed by atoms with E-state index in [4.69, 9.17) is 10.5 Å². The molecule has 1 atom stereocenters. The van der Waals surface area contributed by atoms with Gasteiger partial charge in [0.05, 0.1) is 0 Å². The maximum absolute atomic E-state index is 11.8. The molecule has 0 spiro atoms. The molecule has 5 heteroatoms. The largest absolute Gasteiger partial charge is 0.483 e. The van der Waals surface area contributed by atoms with Crippen LogP contribution in [0, 0.1) is 12.8 Å². The molecule has 3 N–H and O–H groups in total. The van der Waals surface area contributed by atoms with Gasteiger partial charge in [-0.15, -0.1) is 0 Å². The number of carbonyl (C=O) groups excluding carboxylic acids is 1. The molecule has 2 rings (SSSR count). The summed E-state index contributed by atoms with van der Waals surface area (Å²) in [6.07, 6.45) is 3.18. The van der Waals surface area contributed by atoms with Gasteiger partial charge in [0.15, 0.2) is 6.61 Å². The number of hydrogen-bond donors (Lipinski definition) is 2. The summed E-state index contributed by atoms with van der Waals surface area (Å²) in [4.78, 5) is 11.8. The minimum atomic E-state index is -0.0593. The Morgan fingerprint density at radius 1 is 1.52 bits per heavy atom. The molecule has 0 saturated heterocycles. The fourth-order valence-electron chi connectivity index (χ4n) is 2.27. The Hall–Kier alpha value is -1.07. The van der Waals surface area contributed by atoms with E-state index < -0.39 is 0 Å². The number of halogens is 1. The zero-order chi connectivity index (χ0) is 15.4. The Labute approximate surface area is 134 Å². The van der Waals surface area contributed by atoms with E-state index in [2.05, 4.69) is 21.2 Å². The molecular weight excluding hydrogens is 332 g/mol. The van der Waals surface area contributed by atoms with Crippen LogP contribution in [0.15, 0.2) is 16.6 Å². The second-order valence-corrected chi connectivity index (χ2v) is 6.84. The van der Waals surface area contributed by atoms with Gasteiger partial charge in [0.2, 0.25) is 0 Å². The third-order valence-corrected chi connectivity index (χ3v) is 3.95. The highest BCUT2D eigenvalue weighted by atomic mass is 79.9. The standard InChI is InChI=1S/C16H23BrN2O2/c1-10-5-14(17)7-13(6-11(2)18)16(10)21-9-15(20)19-8-12-3-4-12/h5,7,11-12H,3-4,6,8-9,18H2,1-2H3,(H,19,20). The number of nitrogens with one attached hydrogen (secondary N) is 1. The van der Waals surface area contributed by atoms with Crippen molar-refractivity contribution >= 4 is 21.8 Å². The highest BCUT2D eigenvalue weighted by molar-refractivity contribution is 9.10. The minimum absolute atomic E-state index is 0.0461. The van der Waals surface area contributed by atoms with E-state index in [1.54, 1.807) is 0 Å². The van der Waals surface area contributed by atoms with Crippen molar-refractivity contribution in [3.63, 3.8) is 0 Å². The van der Waals surface area contributed by atoms with Crippen LogP contribution in [0.5, 0.6) is 5.75 Å². The van der Waals surface area contributed by atoms with E-state index in [9.17, 15) is 4.79 Å². The van der Waals surface area contributed by atoms with E-state index in [0.29, 0.717) is 5.92 Å². The van der Waals surface area contributed by atoms with Crippen molar-refractivity contribution in [3.8, 4) is 5.75 Å². The van der Waals surface area contributed by atoms with Gasteiger partial charge in [-0.25, -0.2) is 0 Å². The minimum Gasteiger partial charge on any atom is -0.483 e. The number of rotatable bonds is 7. The van der Waals surface area contributed by atoms with Gasteiger partial charge in [-0.2, -0.15) is 0 Å². The van der Waals surface area contributed by atoms with E-state index >= 15 is 0 Å². The number of benzene rings is 1. The maximum Gasteiger partial charge on any atom is 0.257 e. The molecule has 1 fully saturated rings. The Balaban J connectivity index is 1.98. The van der Waals surface area contributed by atoms with E-state index in [-0.39, 0.29) is 18.6 Å². The molecule has 1 aromatic rings. The Bertz CT molecular complexity index is 513. The first-order valence-corrected chi connectivity index (χ1v) is 8.19. The normalized spacial score (nSPS) is 15.6. The summed E-state index contributed by atoms with van der Waals surface area (Å²) in [7, 11) is 0. The van der Waals surface area contributed by atoms with Crippen LogP contribution in [-0.4, -0.2) is 25.1 Å². The first-order valence-electron chi connectivity index (χ1n) is 7.39. The Morgan fingerprint density at radius 3 is 2.86 bits per heavy atom. The third-order valence-electron chi connectivity index (χ3n) is 3.49. The summed E-state index contributed by atoms with van der Waals surface area (Å²) in [5.74, 6) is 1.39. The lowest BCUT2D eigenvalue weighted by atomic mass is 10.0. The topological polar surface area (TPSA) is 64.3 Å². The van der Waals surface area contributed by atoms with Crippen molar-refractivity contribution in [2.24, 2.45) is 11.7 Å². The summed E-state index contributed by atoms with van der Waals surface area (Å²) >= 11 is 3.49. The Kier molecular flexibility index (Phi) is 5.65. The maximum atomic E-state index is 11.8. The van der Waals surface area contributed by atoms with Crippen LogP contribution in [-0.2, 0) is 11.2 Å².